The van der Waals surface area contributed by atoms with Gasteiger partial charge in [0.25, 0.3) is 0 Å². The van der Waals surface area contributed by atoms with Crippen LogP contribution < -0.4 is 4.74 Å². The van der Waals surface area contributed by atoms with Gasteiger partial charge in [-0.25, -0.2) is 4.79 Å². The zero-order valence-corrected chi connectivity index (χ0v) is 19.8. The summed E-state index contributed by atoms with van der Waals surface area (Å²) >= 11 is 3.68. The van der Waals surface area contributed by atoms with Gasteiger partial charge in [-0.2, -0.15) is 0 Å². The summed E-state index contributed by atoms with van der Waals surface area (Å²) in [7, 11) is 0. The fourth-order valence-corrected chi connectivity index (χ4v) is 4.66. The molecule has 0 aromatic heterocycles. The van der Waals surface area contributed by atoms with E-state index >= 15 is 0 Å². The molecule has 1 aliphatic rings. The maximum absolute atomic E-state index is 12.7. The number of benzene rings is 1. The lowest BCUT2D eigenvalue weighted by Gasteiger charge is -2.40. The third-order valence-corrected chi connectivity index (χ3v) is 7.21. The van der Waals surface area contributed by atoms with Gasteiger partial charge < -0.3 is 9.84 Å². The standard InChI is InChI=1S/C21H25NO5S3/c1-6-11-29-16-12-15(23)22(16)17(18(24)25)19(30-20(26)21(2,3)4)27-13-7-9-14(28-5)10-8-13/h6-10,16H,1,11-12H2,2-5H3,(H,24,25). The molecular formula is C21H25NO5S3. The van der Waals surface area contributed by atoms with Crippen LogP contribution in [-0.4, -0.2) is 44.4 Å². The van der Waals surface area contributed by atoms with E-state index in [0.29, 0.717) is 23.3 Å². The zero-order chi connectivity index (χ0) is 22.5. The summed E-state index contributed by atoms with van der Waals surface area (Å²) in [4.78, 5) is 39.4. The van der Waals surface area contributed by atoms with Crippen LogP contribution in [-0.2, 0) is 14.4 Å². The van der Waals surface area contributed by atoms with Crippen LogP contribution in [0.5, 0.6) is 5.75 Å². The molecule has 0 saturated carbocycles. The first-order chi connectivity index (χ1) is 14.1. The number of rotatable bonds is 9. The van der Waals surface area contributed by atoms with E-state index in [2.05, 4.69) is 6.58 Å². The molecule has 162 valence electrons. The Morgan fingerprint density at radius 2 is 1.93 bits per heavy atom. The molecule has 0 radical (unpaired) electrons. The van der Waals surface area contributed by atoms with Crippen LogP contribution in [0, 0.1) is 5.41 Å². The van der Waals surface area contributed by atoms with Gasteiger partial charge in [0, 0.05) is 16.1 Å². The first-order valence-electron chi connectivity index (χ1n) is 9.14. The summed E-state index contributed by atoms with van der Waals surface area (Å²) in [6.45, 7) is 8.88. The molecule has 0 spiro atoms. The fourth-order valence-electron chi connectivity index (χ4n) is 2.36. The summed E-state index contributed by atoms with van der Waals surface area (Å²) in [5.74, 6) is -0.685. The number of ether oxygens (including phenoxy) is 1. The van der Waals surface area contributed by atoms with Crippen molar-refractivity contribution >= 4 is 52.3 Å². The molecule has 2 rings (SSSR count). The van der Waals surface area contributed by atoms with Crippen molar-refractivity contribution in [3.63, 3.8) is 0 Å². The molecule has 1 saturated heterocycles. The second-order valence-electron chi connectivity index (χ2n) is 7.40. The lowest BCUT2D eigenvalue weighted by atomic mass is 10.00. The SMILES string of the molecule is C=CCSC1CC(=O)N1C(C(=O)O)=C(Oc1ccc(SC)cc1)SC(=O)C(C)(C)C. The number of hydrogen-bond acceptors (Lipinski definition) is 7. The van der Waals surface area contributed by atoms with E-state index in [9.17, 15) is 19.5 Å². The van der Waals surface area contributed by atoms with E-state index in [1.54, 1.807) is 50.7 Å². The number of thioether (sulfide) groups is 3. The molecule has 1 aliphatic heterocycles. The van der Waals surface area contributed by atoms with Gasteiger partial charge in [-0.1, -0.05) is 26.8 Å². The van der Waals surface area contributed by atoms with Crippen LogP contribution in [0.2, 0.25) is 0 Å². The number of amides is 1. The van der Waals surface area contributed by atoms with Gasteiger partial charge in [0.05, 0.1) is 11.8 Å². The average Bonchev–Trinajstić information content (AvgIpc) is 2.68. The molecule has 1 aromatic rings. The van der Waals surface area contributed by atoms with Crippen molar-refractivity contribution in [3.05, 3.63) is 47.7 Å². The maximum Gasteiger partial charge on any atom is 0.357 e. The first-order valence-corrected chi connectivity index (χ1v) is 12.2. The zero-order valence-electron chi connectivity index (χ0n) is 17.3. The number of carbonyl (C=O) groups is 3. The van der Waals surface area contributed by atoms with Gasteiger partial charge in [-0.3, -0.25) is 14.5 Å². The molecule has 1 N–H and O–H groups in total. The Morgan fingerprint density at radius 3 is 2.40 bits per heavy atom. The van der Waals surface area contributed by atoms with Crippen molar-refractivity contribution in [2.24, 2.45) is 5.41 Å². The van der Waals surface area contributed by atoms with Crippen molar-refractivity contribution in [1.82, 2.24) is 4.90 Å². The minimum Gasteiger partial charge on any atom is -0.476 e. The monoisotopic (exact) mass is 467 g/mol. The van der Waals surface area contributed by atoms with Crippen LogP contribution in [0.1, 0.15) is 27.2 Å². The van der Waals surface area contributed by atoms with E-state index in [1.165, 1.54) is 16.7 Å². The smallest absolute Gasteiger partial charge is 0.357 e. The number of likely N-dealkylation sites (tertiary alicyclic amines) is 1. The third kappa shape index (κ3) is 6.09. The van der Waals surface area contributed by atoms with Crippen molar-refractivity contribution in [1.29, 1.82) is 0 Å². The number of nitrogens with zero attached hydrogens (tertiary/aromatic N) is 1. The van der Waals surface area contributed by atoms with Gasteiger partial charge in [-0.15, -0.1) is 30.1 Å². The Morgan fingerprint density at radius 1 is 1.30 bits per heavy atom. The number of β-lactam (4-membered cyclic amide) rings is 1. The molecule has 1 amide bonds. The van der Waals surface area contributed by atoms with Crippen molar-refractivity contribution in [3.8, 4) is 5.75 Å². The van der Waals surface area contributed by atoms with Crippen molar-refractivity contribution in [2.75, 3.05) is 12.0 Å². The summed E-state index contributed by atoms with van der Waals surface area (Å²) in [5, 5.41) is 9.21. The summed E-state index contributed by atoms with van der Waals surface area (Å²) in [6.07, 6.45) is 3.86. The van der Waals surface area contributed by atoms with E-state index in [4.69, 9.17) is 4.74 Å². The van der Waals surface area contributed by atoms with Gasteiger partial charge in [0.15, 0.2) is 10.8 Å². The molecule has 0 aliphatic carbocycles. The van der Waals surface area contributed by atoms with Crippen LogP contribution in [0.25, 0.3) is 0 Å². The highest BCUT2D eigenvalue weighted by molar-refractivity contribution is 8.16. The molecule has 1 heterocycles. The van der Waals surface area contributed by atoms with E-state index < -0.39 is 11.4 Å². The Balaban J connectivity index is 2.48. The second kappa shape index (κ2) is 10.5. The van der Waals surface area contributed by atoms with Crippen molar-refractivity contribution in [2.45, 2.75) is 37.5 Å². The lowest BCUT2D eigenvalue weighted by Crippen LogP contribution is -2.52. The first kappa shape index (κ1) is 24.4. The number of carboxylic acids is 1. The number of hydrogen-bond donors (Lipinski definition) is 1. The molecule has 9 heteroatoms. The highest BCUT2D eigenvalue weighted by atomic mass is 32.2. The highest BCUT2D eigenvalue weighted by Crippen LogP contribution is 2.39. The Bertz CT molecular complexity index is 858. The lowest BCUT2D eigenvalue weighted by molar-refractivity contribution is -0.146. The Hall–Kier alpha value is -1.84. The molecule has 1 aromatic carbocycles. The summed E-state index contributed by atoms with van der Waals surface area (Å²) in [6, 6.07) is 7.09. The molecule has 6 nitrogen and oxygen atoms in total. The van der Waals surface area contributed by atoms with Crippen LogP contribution in [0.4, 0.5) is 0 Å². The molecule has 1 unspecified atom stereocenters. The quantitative estimate of drug-likeness (QED) is 0.182. The van der Waals surface area contributed by atoms with Gasteiger partial charge in [0.2, 0.25) is 11.0 Å². The number of aliphatic carboxylic acids is 1. The summed E-state index contributed by atoms with van der Waals surface area (Å²) < 4.78 is 5.87. The van der Waals surface area contributed by atoms with E-state index in [1.807, 2.05) is 18.4 Å². The third-order valence-electron chi connectivity index (χ3n) is 4.02. The van der Waals surface area contributed by atoms with Crippen LogP contribution >= 0.6 is 35.3 Å². The summed E-state index contributed by atoms with van der Waals surface area (Å²) in [5.41, 5.74) is -1.04. The van der Waals surface area contributed by atoms with Crippen LogP contribution in [0.15, 0.2) is 52.6 Å². The highest BCUT2D eigenvalue weighted by Gasteiger charge is 2.44. The Labute approximate surface area is 189 Å². The average molecular weight is 468 g/mol. The van der Waals surface area contributed by atoms with Gasteiger partial charge >= 0.3 is 5.97 Å². The largest absolute Gasteiger partial charge is 0.476 e. The number of carbonyl (C=O) groups excluding carboxylic acids is 2. The van der Waals surface area contributed by atoms with Gasteiger partial charge in [0.1, 0.15) is 5.75 Å². The topological polar surface area (TPSA) is 83.9 Å². The predicted molar refractivity (Wildman–Crippen MR) is 123 cm³/mol. The molecule has 1 fully saturated rings. The number of carboxylic acid groups (broad SMARTS) is 1. The molecule has 30 heavy (non-hydrogen) atoms. The molecular weight excluding hydrogens is 442 g/mol. The molecule has 0 bridgehead atoms. The minimum atomic E-state index is -1.32. The normalized spacial score (nSPS) is 17.1. The second-order valence-corrected chi connectivity index (χ2v) is 10.4. The van der Waals surface area contributed by atoms with E-state index in [0.717, 1.165) is 4.90 Å². The predicted octanol–water partition coefficient (Wildman–Crippen LogP) is 4.82. The van der Waals surface area contributed by atoms with Crippen LogP contribution in [0.3, 0.4) is 0 Å². The van der Waals surface area contributed by atoms with E-state index in [-0.39, 0.29) is 33.6 Å². The Kier molecular flexibility index (Phi) is 8.52. The minimum absolute atomic E-state index is 0.114. The van der Waals surface area contributed by atoms with Gasteiger partial charge in [-0.05, 0) is 42.3 Å². The molecule has 1 atom stereocenters. The fraction of sp³-hybridized carbons (Fsp3) is 0.381. The maximum atomic E-state index is 12.7. The van der Waals surface area contributed by atoms with Crippen molar-refractivity contribution < 1.29 is 24.2 Å².